The van der Waals surface area contributed by atoms with E-state index in [1.807, 2.05) is 13.8 Å². The molecule has 4 N–H and O–H groups in total. The Hall–Kier alpha value is -0.830. The van der Waals surface area contributed by atoms with Crippen LogP contribution in [0.2, 0.25) is 0 Å². The molecule has 2 rings (SSSR count). The second-order valence-electron chi connectivity index (χ2n) is 8.29. The van der Waals surface area contributed by atoms with Crippen LogP contribution in [0.5, 0.6) is 0 Å². The third-order valence-electron chi connectivity index (χ3n) is 5.59. The van der Waals surface area contributed by atoms with Gasteiger partial charge in [-0.1, -0.05) is 19.4 Å². The molecule has 1 saturated heterocycles. The molecule has 0 amide bonds. The van der Waals surface area contributed by atoms with Gasteiger partial charge in [-0.2, -0.15) is 0 Å². The lowest BCUT2D eigenvalue weighted by atomic mass is 9.66. The number of aliphatic hydroxyl groups excluding tert-OH is 4. The lowest BCUT2D eigenvalue weighted by molar-refractivity contribution is -0.310. The maximum Gasteiger partial charge on any atom is 0.186 e. The molecule has 1 fully saturated rings. The zero-order valence-electron chi connectivity index (χ0n) is 16.0. The second kappa shape index (κ2) is 8.46. The first-order chi connectivity index (χ1) is 12.1. The van der Waals surface area contributed by atoms with Gasteiger partial charge in [0.1, 0.15) is 24.4 Å². The minimum atomic E-state index is -1.44. The minimum absolute atomic E-state index is 0.112. The van der Waals surface area contributed by atoms with Crippen molar-refractivity contribution < 1.29 is 34.7 Å². The average Bonchev–Trinajstić information content (AvgIpc) is 2.53. The maximum absolute atomic E-state index is 11.8. The Bertz CT molecular complexity index is 528. The first kappa shape index (κ1) is 21.5. The fourth-order valence-corrected chi connectivity index (χ4v) is 4.09. The molecule has 0 aromatic heterocycles. The fourth-order valence-electron chi connectivity index (χ4n) is 4.09. The standard InChI is InChI=1S/C19H32O7/c1-10-7-12(21)8-19(3,4)13(10)6-5-11(2)25-18-17(24)16(23)15(22)14(9-20)26-18/h7,11,13-18,20,22-24H,5-6,8-9H2,1-4H3/t11?,13-,14?,15?,16?,17?,18?/m0/s1. The van der Waals surface area contributed by atoms with Crippen LogP contribution in [-0.2, 0) is 14.3 Å². The average molecular weight is 372 g/mol. The molecule has 0 aromatic rings. The van der Waals surface area contributed by atoms with E-state index in [0.29, 0.717) is 12.8 Å². The van der Waals surface area contributed by atoms with Crippen molar-refractivity contribution in [2.75, 3.05) is 6.61 Å². The Morgan fingerprint density at radius 2 is 1.92 bits per heavy atom. The van der Waals surface area contributed by atoms with E-state index in [-0.39, 0.29) is 23.2 Å². The van der Waals surface area contributed by atoms with E-state index in [1.165, 1.54) is 0 Å². The summed E-state index contributed by atoms with van der Waals surface area (Å²) in [5.74, 6) is 0.426. The number of ketones is 1. The van der Waals surface area contributed by atoms with Crippen molar-refractivity contribution in [3.05, 3.63) is 11.6 Å². The van der Waals surface area contributed by atoms with Crippen LogP contribution in [0.3, 0.4) is 0 Å². The summed E-state index contributed by atoms with van der Waals surface area (Å²) in [5, 5.41) is 38.9. The highest BCUT2D eigenvalue weighted by Crippen LogP contribution is 2.42. The number of ether oxygens (including phenoxy) is 2. The summed E-state index contributed by atoms with van der Waals surface area (Å²) in [7, 11) is 0. The lowest BCUT2D eigenvalue weighted by Crippen LogP contribution is -2.59. The van der Waals surface area contributed by atoms with E-state index in [0.717, 1.165) is 12.0 Å². The number of carbonyl (C=O) groups excluding carboxylic acids is 1. The second-order valence-corrected chi connectivity index (χ2v) is 8.29. The van der Waals surface area contributed by atoms with Gasteiger partial charge in [0.15, 0.2) is 12.1 Å². The summed E-state index contributed by atoms with van der Waals surface area (Å²) in [4.78, 5) is 11.8. The molecule has 0 bridgehead atoms. The van der Waals surface area contributed by atoms with Gasteiger partial charge in [-0.25, -0.2) is 0 Å². The van der Waals surface area contributed by atoms with Crippen LogP contribution in [-0.4, -0.2) is 69.6 Å². The number of hydrogen-bond donors (Lipinski definition) is 4. The van der Waals surface area contributed by atoms with E-state index in [1.54, 1.807) is 6.08 Å². The van der Waals surface area contributed by atoms with Gasteiger partial charge in [0.05, 0.1) is 12.7 Å². The molecule has 0 saturated carbocycles. The van der Waals surface area contributed by atoms with Crippen molar-refractivity contribution in [2.45, 2.75) is 83.8 Å². The Morgan fingerprint density at radius 1 is 1.27 bits per heavy atom. The highest BCUT2D eigenvalue weighted by molar-refractivity contribution is 5.91. The predicted octanol–water partition coefficient (Wildman–Crippen LogP) is 0.533. The molecule has 0 spiro atoms. The molecular formula is C19H32O7. The molecule has 6 unspecified atom stereocenters. The molecule has 7 atom stereocenters. The SMILES string of the molecule is CC1=CC(=O)CC(C)(C)[C@H]1CCC(C)OC1OC(CO)C(O)C(O)C1O. The van der Waals surface area contributed by atoms with Gasteiger partial charge in [0, 0.05) is 6.42 Å². The zero-order chi connectivity index (χ0) is 19.6. The number of aliphatic hydroxyl groups is 4. The molecule has 0 radical (unpaired) electrons. The lowest BCUT2D eigenvalue weighted by Gasteiger charge is -2.41. The molecular weight excluding hydrogens is 340 g/mol. The monoisotopic (exact) mass is 372 g/mol. The van der Waals surface area contributed by atoms with Crippen LogP contribution in [0, 0.1) is 11.3 Å². The molecule has 0 aromatic carbocycles. The van der Waals surface area contributed by atoms with Gasteiger partial charge >= 0.3 is 0 Å². The van der Waals surface area contributed by atoms with Crippen LogP contribution >= 0.6 is 0 Å². The third-order valence-corrected chi connectivity index (χ3v) is 5.59. The minimum Gasteiger partial charge on any atom is -0.394 e. The maximum atomic E-state index is 11.8. The van der Waals surface area contributed by atoms with Crippen molar-refractivity contribution >= 4 is 5.78 Å². The molecule has 26 heavy (non-hydrogen) atoms. The highest BCUT2D eigenvalue weighted by atomic mass is 16.7. The van der Waals surface area contributed by atoms with E-state index in [4.69, 9.17) is 9.47 Å². The molecule has 7 nitrogen and oxygen atoms in total. The number of rotatable bonds is 6. The topological polar surface area (TPSA) is 116 Å². The molecule has 150 valence electrons. The summed E-state index contributed by atoms with van der Waals surface area (Å²) in [5.41, 5.74) is 0.963. The molecule has 1 heterocycles. The van der Waals surface area contributed by atoms with Gasteiger partial charge in [-0.3, -0.25) is 4.79 Å². The van der Waals surface area contributed by atoms with Crippen molar-refractivity contribution in [1.82, 2.24) is 0 Å². The number of hydrogen-bond acceptors (Lipinski definition) is 7. The summed E-state index contributed by atoms with van der Waals surface area (Å²) in [6, 6.07) is 0. The van der Waals surface area contributed by atoms with Crippen molar-refractivity contribution in [2.24, 2.45) is 11.3 Å². The molecule has 2 aliphatic rings. The summed E-state index contributed by atoms with van der Waals surface area (Å²) >= 11 is 0. The molecule has 1 aliphatic heterocycles. The Kier molecular flexibility index (Phi) is 6.98. The molecule has 7 heteroatoms. The fraction of sp³-hybridized carbons (Fsp3) is 0.842. The smallest absolute Gasteiger partial charge is 0.186 e. The largest absolute Gasteiger partial charge is 0.394 e. The van der Waals surface area contributed by atoms with Crippen molar-refractivity contribution in [1.29, 1.82) is 0 Å². The van der Waals surface area contributed by atoms with Gasteiger partial charge in [-0.15, -0.1) is 0 Å². The first-order valence-electron chi connectivity index (χ1n) is 9.23. The van der Waals surface area contributed by atoms with Crippen molar-refractivity contribution in [3.8, 4) is 0 Å². The third kappa shape index (κ3) is 4.71. The van der Waals surface area contributed by atoms with Crippen LogP contribution in [0.25, 0.3) is 0 Å². The Morgan fingerprint density at radius 3 is 2.50 bits per heavy atom. The van der Waals surface area contributed by atoms with E-state index in [9.17, 15) is 25.2 Å². The van der Waals surface area contributed by atoms with Gasteiger partial charge < -0.3 is 29.9 Å². The summed E-state index contributed by atoms with van der Waals surface area (Å²) < 4.78 is 11.1. The van der Waals surface area contributed by atoms with Crippen molar-refractivity contribution in [3.63, 3.8) is 0 Å². The Labute approximate surface area is 154 Å². The first-order valence-corrected chi connectivity index (χ1v) is 9.23. The van der Waals surface area contributed by atoms with E-state index < -0.39 is 37.3 Å². The summed E-state index contributed by atoms with van der Waals surface area (Å²) in [6.45, 7) is 7.53. The molecule has 1 aliphatic carbocycles. The quantitative estimate of drug-likeness (QED) is 0.537. The van der Waals surface area contributed by atoms with Gasteiger partial charge in [0.25, 0.3) is 0 Å². The predicted molar refractivity (Wildman–Crippen MR) is 94.2 cm³/mol. The van der Waals surface area contributed by atoms with Gasteiger partial charge in [0.2, 0.25) is 0 Å². The zero-order valence-corrected chi connectivity index (χ0v) is 16.0. The number of allylic oxidation sites excluding steroid dienone is 2. The Balaban J connectivity index is 1.93. The number of carbonyl (C=O) groups is 1. The van der Waals surface area contributed by atoms with Crippen LogP contribution in [0.4, 0.5) is 0 Å². The van der Waals surface area contributed by atoms with E-state index in [2.05, 4.69) is 13.8 Å². The normalized spacial score (nSPS) is 38.8. The summed E-state index contributed by atoms with van der Waals surface area (Å²) in [6.07, 6.45) is -2.82. The highest BCUT2D eigenvalue weighted by Gasteiger charge is 2.44. The van der Waals surface area contributed by atoms with Crippen LogP contribution in [0.15, 0.2) is 11.6 Å². The van der Waals surface area contributed by atoms with Crippen LogP contribution in [0.1, 0.15) is 47.0 Å². The van der Waals surface area contributed by atoms with Crippen LogP contribution < -0.4 is 0 Å². The van der Waals surface area contributed by atoms with Gasteiger partial charge in [-0.05, 0) is 44.1 Å². The van der Waals surface area contributed by atoms with E-state index >= 15 is 0 Å².